The van der Waals surface area contributed by atoms with Gasteiger partial charge in [0, 0.05) is 49.2 Å². The number of hydrogen-bond donors (Lipinski definition) is 1. The van der Waals surface area contributed by atoms with Gasteiger partial charge in [0.15, 0.2) is 0 Å². The van der Waals surface area contributed by atoms with Crippen LogP contribution in [0.4, 0.5) is 0 Å². The molecule has 0 radical (unpaired) electrons. The van der Waals surface area contributed by atoms with Crippen molar-refractivity contribution in [3.8, 4) is 11.3 Å². The molecule has 1 N–H and O–H groups in total. The molecule has 1 amide bonds. The molecule has 4 rings (SSSR count). The number of aromatic nitrogens is 5. The van der Waals surface area contributed by atoms with Gasteiger partial charge in [-0.25, -0.2) is 4.98 Å². The Bertz CT molecular complexity index is 1130. The van der Waals surface area contributed by atoms with Crippen LogP contribution in [0.2, 0.25) is 0 Å². The smallest absolute Gasteiger partial charge is 0.252 e. The maximum atomic E-state index is 12.9. The molecule has 4 aromatic rings. The first-order chi connectivity index (χ1) is 13.6. The average molecular weight is 374 g/mol. The molecule has 0 unspecified atom stereocenters. The van der Waals surface area contributed by atoms with E-state index in [4.69, 9.17) is 4.98 Å². The second kappa shape index (κ2) is 7.64. The SMILES string of the molecule is Cc1ccnn1CCCNC(=O)c1cc(-c2cnn(C)c2)nc2ccccc12. The molecule has 3 heterocycles. The molecule has 7 nitrogen and oxygen atoms in total. The minimum Gasteiger partial charge on any atom is -0.352 e. The Labute approximate surface area is 163 Å². The number of nitrogens with one attached hydrogen (secondary N) is 1. The van der Waals surface area contributed by atoms with Crippen molar-refractivity contribution in [1.82, 2.24) is 29.9 Å². The predicted octanol–water partition coefficient (Wildman–Crippen LogP) is 2.96. The van der Waals surface area contributed by atoms with E-state index >= 15 is 0 Å². The molecule has 7 heteroatoms. The van der Waals surface area contributed by atoms with E-state index in [9.17, 15) is 4.79 Å². The van der Waals surface area contributed by atoms with Crippen molar-refractivity contribution in [1.29, 1.82) is 0 Å². The van der Waals surface area contributed by atoms with Crippen molar-refractivity contribution in [2.75, 3.05) is 6.54 Å². The van der Waals surface area contributed by atoms with Crippen LogP contribution in [0.25, 0.3) is 22.2 Å². The van der Waals surface area contributed by atoms with E-state index in [1.54, 1.807) is 17.1 Å². The highest BCUT2D eigenvalue weighted by molar-refractivity contribution is 6.07. The minimum absolute atomic E-state index is 0.0964. The molecule has 3 aromatic heterocycles. The summed E-state index contributed by atoms with van der Waals surface area (Å²) < 4.78 is 3.66. The number of amides is 1. The highest BCUT2D eigenvalue weighted by Crippen LogP contribution is 2.24. The highest BCUT2D eigenvalue weighted by Gasteiger charge is 2.14. The second-order valence-electron chi connectivity index (χ2n) is 6.78. The molecule has 0 atom stereocenters. The first kappa shape index (κ1) is 17.9. The van der Waals surface area contributed by atoms with Crippen molar-refractivity contribution in [2.45, 2.75) is 19.9 Å². The van der Waals surface area contributed by atoms with Crippen LogP contribution in [0.5, 0.6) is 0 Å². The number of benzene rings is 1. The molecule has 0 spiro atoms. The Hall–Kier alpha value is -3.48. The van der Waals surface area contributed by atoms with Gasteiger partial charge in [0.1, 0.15) is 0 Å². The standard InChI is InChI=1S/C21H22N6O/c1-15-8-10-23-27(15)11-5-9-22-21(28)18-12-20(16-13-24-26(2)14-16)25-19-7-4-3-6-17(18)19/h3-4,6-8,10,12-14H,5,9,11H2,1-2H3,(H,22,28). The molecule has 0 saturated heterocycles. The summed E-state index contributed by atoms with van der Waals surface area (Å²) in [7, 11) is 1.86. The molecule has 0 saturated carbocycles. The van der Waals surface area contributed by atoms with Gasteiger partial charge in [-0.15, -0.1) is 0 Å². The normalized spacial score (nSPS) is 11.1. The molecule has 0 fully saturated rings. The van der Waals surface area contributed by atoms with Crippen LogP contribution in [0.3, 0.4) is 0 Å². The number of para-hydroxylation sites is 1. The Balaban J connectivity index is 1.54. The first-order valence-electron chi connectivity index (χ1n) is 9.27. The summed E-state index contributed by atoms with van der Waals surface area (Å²) in [5.41, 5.74) is 4.16. The summed E-state index contributed by atoms with van der Waals surface area (Å²) in [6, 6.07) is 11.5. The Morgan fingerprint density at radius 2 is 2.04 bits per heavy atom. The Morgan fingerprint density at radius 3 is 2.79 bits per heavy atom. The van der Waals surface area contributed by atoms with Crippen molar-refractivity contribution in [2.24, 2.45) is 7.05 Å². The van der Waals surface area contributed by atoms with Gasteiger partial charge in [-0.1, -0.05) is 18.2 Å². The van der Waals surface area contributed by atoms with Crippen LogP contribution in [0.1, 0.15) is 22.5 Å². The average Bonchev–Trinajstić information content (AvgIpc) is 3.32. The fourth-order valence-electron chi connectivity index (χ4n) is 3.22. The lowest BCUT2D eigenvalue weighted by Gasteiger charge is -2.10. The second-order valence-corrected chi connectivity index (χ2v) is 6.78. The molecular formula is C21H22N6O. The first-order valence-corrected chi connectivity index (χ1v) is 9.27. The van der Waals surface area contributed by atoms with E-state index in [0.29, 0.717) is 12.1 Å². The van der Waals surface area contributed by atoms with Crippen LogP contribution < -0.4 is 5.32 Å². The summed E-state index contributed by atoms with van der Waals surface area (Å²) in [6.07, 6.45) is 6.25. The molecular weight excluding hydrogens is 352 g/mol. The van der Waals surface area contributed by atoms with Gasteiger partial charge in [-0.2, -0.15) is 10.2 Å². The third-order valence-electron chi connectivity index (χ3n) is 4.72. The lowest BCUT2D eigenvalue weighted by atomic mass is 10.0. The van der Waals surface area contributed by atoms with Gasteiger partial charge < -0.3 is 5.32 Å². The third-order valence-corrected chi connectivity index (χ3v) is 4.72. The maximum absolute atomic E-state index is 12.9. The third kappa shape index (κ3) is 3.64. The predicted molar refractivity (Wildman–Crippen MR) is 108 cm³/mol. The van der Waals surface area contributed by atoms with Crippen LogP contribution in [0.15, 0.2) is 55.0 Å². The zero-order valence-electron chi connectivity index (χ0n) is 16.0. The van der Waals surface area contributed by atoms with Gasteiger partial charge in [0.05, 0.1) is 23.0 Å². The molecule has 0 aliphatic heterocycles. The lowest BCUT2D eigenvalue weighted by molar-refractivity contribution is 0.0954. The highest BCUT2D eigenvalue weighted by atomic mass is 16.1. The number of nitrogens with zero attached hydrogens (tertiary/aromatic N) is 5. The number of fused-ring (bicyclic) bond motifs is 1. The lowest BCUT2D eigenvalue weighted by Crippen LogP contribution is -2.26. The van der Waals surface area contributed by atoms with E-state index in [2.05, 4.69) is 15.5 Å². The number of carbonyl (C=O) groups excluding carboxylic acids is 1. The van der Waals surface area contributed by atoms with Gasteiger partial charge in [-0.3, -0.25) is 14.2 Å². The van der Waals surface area contributed by atoms with Crippen molar-refractivity contribution in [3.05, 3.63) is 66.2 Å². The molecule has 0 aliphatic rings. The van der Waals surface area contributed by atoms with Crippen molar-refractivity contribution in [3.63, 3.8) is 0 Å². The summed E-state index contributed by atoms with van der Waals surface area (Å²) in [5, 5.41) is 12.3. The van der Waals surface area contributed by atoms with Gasteiger partial charge in [0.25, 0.3) is 5.91 Å². The zero-order valence-corrected chi connectivity index (χ0v) is 16.0. The Morgan fingerprint density at radius 1 is 1.18 bits per heavy atom. The summed E-state index contributed by atoms with van der Waals surface area (Å²) >= 11 is 0. The molecule has 142 valence electrons. The van der Waals surface area contributed by atoms with Crippen molar-refractivity contribution < 1.29 is 4.79 Å². The van der Waals surface area contributed by atoms with E-state index in [0.717, 1.165) is 40.8 Å². The fourth-order valence-corrected chi connectivity index (χ4v) is 3.22. The topological polar surface area (TPSA) is 77.6 Å². The van der Waals surface area contributed by atoms with E-state index in [1.807, 2.05) is 61.2 Å². The zero-order chi connectivity index (χ0) is 19.5. The van der Waals surface area contributed by atoms with Gasteiger partial charge in [0.2, 0.25) is 0 Å². The summed E-state index contributed by atoms with van der Waals surface area (Å²) in [4.78, 5) is 17.6. The van der Waals surface area contributed by atoms with Gasteiger partial charge >= 0.3 is 0 Å². The molecule has 1 aromatic carbocycles. The molecule has 0 aliphatic carbocycles. The van der Waals surface area contributed by atoms with Crippen molar-refractivity contribution >= 4 is 16.8 Å². The largest absolute Gasteiger partial charge is 0.352 e. The number of hydrogen-bond acceptors (Lipinski definition) is 4. The molecule has 28 heavy (non-hydrogen) atoms. The fraction of sp³-hybridized carbons (Fsp3) is 0.238. The van der Waals surface area contributed by atoms with E-state index in [-0.39, 0.29) is 5.91 Å². The van der Waals surface area contributed by atoms with Gasteiger partial charge in [-0.05, 0) is 31.5 Å². The van der Waals surface area contributed by atoms with Crippen LogP contribution >= 0.6 is 0 Å². The minimum atomic E-state index is -0.0964. The van der Waals surface area contributed by atoms with Crippen LogP contribution in [0, 0.1) is 6.92 Å². The van der Waals surface area contributed by atoms with E-state index < -0.39 is 0 Å². The molecule has 0 bridgehead atoms. The summed E-state index contributed by atoms with van der Waals surface area (Å²) in [5.74, 6) is -0.0964. The Kier molecular flexibility index (Phi) is 4.89. The monoisotopic (exact) mass is 374 g/mol. The number of carbonyl (C=O) groups is 1. The number of aryl methyl sites for hydroxylation is 3. The van der Waals surface area contributed by atoms with Crippen LogP contribution in [-0.2, 0) is 13.6 Å². The summed E-state index contributed by atoms with van der Waals surface area (Å²) in [6.45, 7) is 3.38. The number of pyridine rings is 1. The van der Waals surface area contributed by atoms with Crippen LogP contribution in [-0.4, -0.2) is 37.0 Å². The quantitative estimate of drug-likeness (QED) is 0.526. The number of rotatable bonds is 6. The maximum Gasteiger partial charge on any atom is 0.252 e. The van der Waals surface area contributed by atoms with E-state index in [1.165, 1.54) is 0 Å².